The van der Waals surface area contributed by atoms with E-state index in [0.717, 1.165) is 10.4 Å². The highest BCUT2D eigenvalue weighted by Crippen LogP contribution is 1.04. The van der Waals surface area contributed by atoms with Crippen molar-refractivity contribution < 1.29 is 0 Å². The van der Waals surface area contributed by atoms with Crippen LogP contribution in [0.5, 0.6) is 0 Å². The second-order valence-corrected chi connectivity index (χ2v) is 1.02. The zero-order valence-electron chi connectivity index (χ0n) is 3.08. The van der Waals surface area contributed by atoms with Crippen LogP contribution in [0.2, 0.25) is 0 Å². The molecule has 32 valence electrons. The van der Waals surface area contributed by atoms with Crippen LogP contribution >= 0.6 is 0 Å². The summed E-state index contributed by atoms with van der Waals surface area (Å²) in [4.78, 5) is 0. The Labute approximate surface area is 33.5 Å². The summed E-state index contributed by atoms with van der Waals surface area (Å²) >= 11 is 0. The lowest BCUT2D eigenvalue weighted by Crippen LogP contribution is -2.45. The molecule has 0 aliphatic carbocycles. The van der Waals surface area contributed by atoms with Crippen molar-refractivity contribution in [2.24, 2.45) is 5.84 Å². The Morgan fingerprint density at radius 1 is 1.60 bits per heavy atom. The van der Waals surface area contributed by atoms with Crippen molar-refractivity contribution in [1.29, 1.82) is 0 Å². The Kier molecular flexibility index (Phi) is 4.10. The van der Waals surface area contributed by atoms with Crippen molar-refractivity contribution in [2.45, 2.75) is 0 Å². The van der Waals surface area contributed by atoms with Gasteiger partial charge >= 0.3 is 0 Å². The molecular weight excluding hydrogens is 84.1 g/mol. The highest BCUT2D eigenvalue weighted by molar-refractivity contribution is 6.03. The third kappa shape index (κ3) is 4.06. The van der Waals surface area contributed by atoms with Crippen molar-refractivity contribution in [3.05, 3.63) is 0 Å². The molecule has 0 aromatic rings. The van der Waals surface area contributed by atoms with Gasteiger partial charge in [0.25, 0.3) is 0 Å². The summed E-state index contributed by atoms with van der Waals surface area (Å²) in [7, 11) is 0.895. The SMILES string of the molecule is NNNN[SiH3]. The summed E-state index contributed by atoms with van der Waals surface area (Å²) in [5.74, 6) is 4.74. The summed E-state index contributed by atoms with van der Waals surface area (Å²) in [5, 5.41) is 2.67. The number of rotatable bonds is 2. The maximum absolute atomic E-state index is 4.74. The van der Waals surface area contributed by atoms with E-state index < -0.39 is 0 Å². The molecule has 0 spiro atoms. The van der Waals surface area contributed by atoms with Crippen molar-refractivity contribution in [3.8, 4) is 0 Å². The normalized spacial score (nSPS) is 9.00. The smallest absolute Gasteiger partial charge is 0.0960 e. The van der Waals surface area contributed by atoms with Gasteiger partial charge in [0.1, 0.15) is 0 Å². The first kappa shape index (κ1) is 5.06. The van der Waals surface area contributed by atoms with Gasteiger partial charge in [-0.3, -0.25) is 10.9 Å². The highest BCUT2D eigenvalue weighted by atomic mass is 28.2. The van der Waals surface area contributed by atoms with Crippen LogP contribution in [-0.2, 0) is 0 Å². The van der Waals surface area contributed by atoms with E-state index in [1.54, 1.807) is 0 Å². The average molecular weight is 92.2 g/mol. The standard InChI is InChI=1S/H8N4Si/c1-2-3-4-5/h2-4H,1H2,5H3. The molecular formula is H8N4Si. The van der Waals surface area contributed by atoms with E-state index in [1.165, 1.54) is 0 Å². The number of hydrazine groups is 3. The Morgan fingerprint density at radius 3 is 2.20 bits per heavy atom. The summed E-state index contributed by atoms with van der Waals surface area (Å²) in [5.41, 5.74) is 4.64. The zero-order chi connectivity index (χ0) is 4.12. The molecule has 0 aromatic carbocycles. The molecule has 0 heterocycles. The van der Waals surface area contributed by atoms with Gasteiger partial charge in [-0.15, -0.1) is 0 Å². The van der Waals surface area contributed by atoms with Crippen LogP contribution < -0.4 is 22.0 Å². The quantitative estimate of drug-likeness (QED) is 0.164. The molecule has 4 nitrogen and oxygen atoms in total. The van der Waals surface area contributed by atoms with E-state index in [4.69, 9.17) is 5.84 Å². The Bertz CT molecular complexity index is 11.1. The molecule has 0 atom stereocenters. The number of hydrogen-bond donors (Lipinski definition) is 4. The number of hydrogen-bond acceptors (Lipinski definition) is 4. The lowest BCUT2D eigenvalue weighted by Gasteiger charge is -1.93. The molecule has 0 unspecified atom stereocenters. The molecule has 0 aliphatic heterocycles. The van der Waals surface area contributed by atoms with Crippen LogP contribution in [0.15, 0.2) is 0 Å². The molecule has 0 fully saturated rings. The Hall–Kier alpha value is 0.0569. The van der Waals surface area contributed by atoms with E-state index in [1.807, 2.05) is 0 Å². The maximum Gasteiger partial charge on any atom is 0.0960 e. The van der Waals surface area contributed by atoms with Gasteiger partial charge in [-0.05, 0) is 0 Å². The largest absolute Gasteiger partial charge is 0.275 e. The van der Waals surface area contributed by atoms with Crippen LogP contribution in [0, 0.1) is 0 Å². The first-order valence-electron chi connectivity index (χ1n) is 1.29. The van der Waals surface area contributed by atoms with Crippen LogP contribution in [0.3, 0.4) is 0 Å². The molecule has 0 saturated carbocycles. The molecule has 5 heavy (non-hydrogen) atoms. The van der Waals surface area contributed by atoms with E-state index in [-0.39, 0.29) is 0 Å². The third-order valence-corrected chi connectivity index (χ3v) is 0.447. The Morgan fingerprint density at radius 2 is 2.20 bits per heavy atom. The molecule has 0 aliphatic rings. The third-order valence-electron chi connectivity index (χ3n) is 0.197. The van der Waals surface area contributed by atoms with Gasteiger partial charge in [0, 0.05) is 0 Å². The Balaban J connectivity index is 2.19. The van der Waals surface area contributed by atoms with Gasteiger partial charge in [0.2, 0.25) is 0 Å². The van der Waals surface area contributed by atoms with Gasteiger partial charge < -0.3 is 0 Å². The molecule has 0 radical (unpaired) electrons. The number of nitrogens with two attached hydrogens (primary N) is 1. The monoisotopic (exact) mass is 92.1 g/mol. The van der Waals surface area contributed by atoms with Gasteiger partial charge in [0.15, 0.2) is 0 Å². The number of nitrogens with one attached hydrogen (secondary N) is 3. The maximum atomic E-state index is 4.74. The van der Waals surface area contributed by atoms with Crippen molar-refractivity contribution >= 4 is 10.4 Å². The lowest BCUT2D eigenvalue weighted by atomic mass is 12.4. The minimum absolute atomic E-state index is 0.895. The van der Waals surface area contributed by atoms with Gasteiger partial charge in [-0.2, -0.15) is 11.1 Å². The summed E-state index contributed by atoms with van der Waals surface area (Å²) in [6.07, 6.45) is 0. The topological polar surface area (TPSA) is 62.1 Å². The van der Waals surface area contributed by atoms with Crippen molar-refractivity contribution in [1.82, 2.24) is 16.2 Å². The molecule has 5 heteroatoms. The van der Waals surface area contributed by atoms with Crippen molar-refractivity contribution in [3.63, 3.8) is 0 Å². The molecule has 0 rings (SSSR count). The molecule has 5 N–H and O–H groups in total. The fraction of sp³-hybridized carbons (Fsp3) is 0. The van der Waals surface area contributed by atoms with E-state index >= 15 is 0 Å². The lowest BCUT2D eigenvalue weighted by molar-refractivity contribution is 0.537. The zero-order valence-corrected chi connectivity index (χ0v) is 5.08. The van der Waals surface area contributed by atoms with Gasteiger partial charge in [-0.1, -0.05) is 0 Å². The minimum atomic E-state index is 0.895. The average Bonchev–Trinajstić information content (AvgIpc) is 1.41. The predicted molar refractivity (Wildman–Crippen MR) is 23.5 cm³/mol. The van der Waals surface area contributed by atoms with Crippen LogP contribution in [0.4, 0.5) is 0 Å². The van der Waals surface area contributed by atoms with E-state index in [0.29, 0.717) is 0 Å². The second kappa shape index (κ2) is 4.06. The molecule has 0 saturated heterocycles. The van der Waals surface area contributed by atoms with E-state index in [9.17, 15) is 0 Å². The first-order valence-corrected chi connectivity index (χ1v) is 2.29. The van der Waals surface area contributed by atoms with Crippen LogP contribution in [0.1, 0.15) is 0 Å². The molecule has 0 aromatic heterocycles. The first-order chi connectivity index (χ1) is 2.41. The highest BCUT2D eigenvalue weighted by Gasteiger charge is 1.55. The minimum Gasteiger partial charge on any atom is -0.275 e. The van der Waals surface area contributed by atoms with Gasteiger partial charge in [-0.25, -0.2) is 0 Å². The molecule has 0 amide bonds. The second-order valence-electron chi connectivity index (χ2n) is 0.519. The predicted octanol–water partition coefficient (Wildman–Crippen LogP) is -3.26. The summed E-state index contributed by atoms with van der Waals surface area (Å²) in [6.45, 7) is 0. The fourth-order valence-electron chi connectivity index (χ4n) is 0.0722. The van der Waals surface area contributed by atoms with Gasteiger partial charge in [0.05, 0.1) is 10.4 Å². The van der Waals surface area contributed by atoms with Crippen LogP contribution in [-0.4, -0.2) is 10.4 Å². The van der Waals surface area contributed by atoms with E-state index in [2.05, 4.69) is 16.2 Å². The van der Waals surface area contributed by atoms with Crippen molar-refractivity contribution in [2.75, 3.05) is 0 Å². The summed E-state index contributed by atoms with van der Waals surface area (Å²) < 4.78 is 0. The fourth-order valence-corrected chi connectivity index (χ4v) is 0.217. The summed E-state index contributed by atoms with van der Waals surface area (Å²) in [6, 6.07) is 0. The van der Waals surface area contributed by atoms with Crippen LogP contribution in [0.25, 0.3) is 0 Å². The molecule has 0 bridgehead atoms.